The van der Waals surface area contributed by atoms with Gasteiger partial charge in [0.05, 0.1) is 4.88 Å². The van der Waals surface area contributed by atoms with E-state index >= 15 is 0 Å². The van der Waals surface area contributed by atoms with E-state index in [1.165, 1.54) is 11.3 Å². The molecule has 3 aromatic rings. The maximum absolute atomic E-state index is 12.9. The van der Waals surface area contributed by atoms with Gasteiger partial charge >= 0.3 is 0 Å². The molecule has 1 aliphatic heterocycles. The van der Waals surface area contributed by atoms with Crippen LogP contribution in [0.25, 0.3) is 10.8 Å². The van der Waals surface area contributed by atoms with Gasteiger partial charge in [0.2, 0.25) is 0 Å². The van der Waals surface area contributed by atoms with Crippen molar-refractivity contribution in [1.29, 1.82) is 0 Å². The monoisotopic (exact) mass is 413 g/mol. The molecule has 4 nitrogen and oxygen atoms in total. The molecule has 146 valence electrons. The number of hydrogen-bond donors (Lipinski definition) is 0. The van der Waals surface area contributed by atoms with Gasteiger partial charge in [-0.1, -0.05) is 48.9 Å². The molecular weight excluding hydrogens is 390 g/mol. The Morgan fingerprint density at radius 1 is 1.25 bits per heavy atom. The van der Waals surface area contributed by atoms with E-state index in [2.05, 4.69) is 33.8 Å². The summed E-state index contributed by atoms with van der Waals surface area (Å²) < 4.78 is 0. The van der Waals surface area contributed by atoms with Gasteiger partial charge in [-0.2, -0.15) is 0 Å². The van der Waals surface area contributed by atoms with Gasteiger partial charge in [0.15, 0.2) is 0 Å². The molecule has 0 aliphatic carbocycles. The second-order valence-corrected chi connectivity index (χ2v) is 8.49. The van der Waals surface area contributed by atoms with Crippen LogP contribution in [0.2, 0.25) is 5.15 Å². The molecule has 0 atom stereocenters. The average Bonchev–Trinajstić information content (AvgIpc) is 3.27. The summed E-state index contributed by atoms with van der Waals surface area (Å²) >= 11 is 7.93. The van der Waals surface area contributed by atoms with Crippen LogP contribution in [-0.4, -0.2) is 41.5 Å². The molecule has 0 bridgehead atoms. The molecule has 4 rings (SSSR count). The van der Waals surface area contributed by atoms with Gasteiger partial charge in [-0.25, -0.2) is 4.98 Å². The summed E-state index contributed by atoms with van der Waals surface area (Å²) in [4.78, 5) is 22.7. The van der Waals surface area contributed by atoms with E-state index in [0.29, 0.717) is 5.15 Å². The number of hydrogen-bond acceptors (Lipinski definition) is 4. The molecule has 0 radical (unpaired) electrons. The highest BCUT2D eigenvalue weighted by Crippen LogP contribution is 2.29. The highest BCUT2D eigenvalue weighted by Gasteiger charge is 2.29. The fraction of sp³-hybridized carbons (Fsp3) is 0.364. The molecule has 1 fully saturated rings. The standard InChI is InChI=1S/C22H24ClN3OS/c1-2-11-26(22(27)19-8-5-14-28-19)17-9-12-25(13-10-17)20-15-16-6-3-4-7-18(16)21(23)24-20/h3-8,14-15,17H,2,9-13H2,1H3. The molecule has 0 spiro atoms. The van der Waals surface area contributed by atoms with E-state index in [1.54, 1.807) is 0 Å². The predicted octanol–water partition coefficient (Wildman–Crippen LogP) is 5.47. The van der Waals surface area contributed by atoms with Crippen molar-refractivity contribution in [2.24, 2.45) is 0 Å². The predicted molar refractivity (Wildman–Crippen MR) is 118 cm³/mol. The minimum Gasteiger partial charge on any atom is -0.356 e. The Morgan fingerprint density at radius 3 is 2.75 bits per heavy atom. The first-order valence-electron chi connectivity index (χ1n) is 9.82. The van der Waals surface area contributed by atoms with Crippen LogP contribution in [0, 0.1) is 0 Å². The highest BCUT2D eigenvalue weighted by molar-refractivity contribution is 7.12. The summed E-state index contributed by atoms with van der Waals surface area (Å²) in [6.07, 6.45) is 2.87. The fourth-order valence-corrected chi connectivity index (χ4v) is 4.88. The quantitative estimate of drug-likeness (QED) is 0.520. The number of carbonyl (C=O) groups is 1. The van der Waals surface area contributed by atoms with Crippen molar-refractivity contribution in [2.45, 2.75) is 32.2 Å². The van der Waals surface area contributed by atoms with Crippen LogP contribution < -0.4 is 4.90 Å². The second-order valence-electron chi connectivity index (χ2n) is 7.19. The number of fused-ring (bicyclic) bond motifs is 1. The van der Waals surface area contributed by atoms with Gasteiger partial charge in [0.1, 0.15) is 11.0 Å². The zero-order valence-corrected chi connectivity index (χ0v) is 17.5. The van der Waals surface area contributed by atoms with Crippen molar-refractivity contribution < 1.29 is 4.79 Å². The van der Waals surface area contributed by atoms with Crippen molar-refractivity contribution in [2.75, 3.05) is 24.5 Å². The van der Waals surface area contributed by atoms with Crippen molar-refractivity contribution in [3.8, 4) is 0 Å². The lowest BCUT2D eigenvalue weighted by atomic mass is 10.0. The highest BCUT2D eigenvalue weighted by atomic mass is 35.5. The zero-order chi connectivity index (χ0) is 19.5. The molecule has 6 heteroatoms. The number of halogens is 1. The Balaban J connectivity index is 1.48. The van der Waals surface area contributed by atoms with Gasteiger partial charge < -0.3 is 9.80 Å². The lowest BCUT2D eigenvalue weighted by Crippen LogP contribution is -2.47. The first-order valence-corrected chi connectivity index (χ1v) is 11.1. The van der Waals surface area contributed by atoms with E-state index < -0.39 is 0 Å². The van der Waals surface area contributed by atoms with Crippen molar-refractivity contribution in [3.63, 3.8) is 0 Å². The van der Waals surface area contributed by atoms with E-state index in [4.69, 9.17) is 11.6 Å². The number of carbonyl (C=O) groups excluding carboxylic acids is 1. The van der Waals surface area contributed by atoms with Crippen molar-refractivity contribution in [1.82, 2.24) is 9.88 Å². The van der Waals surface area contributed by atoms with E-state index in [-0.39, 0.29) is 11.9 Å². The maximum atomic E-state index is 12.9. The van der Waals surface area contributed by atoms with Gasteiger partial charge in [-0.3, -0.25) is 4.79 Å². The Labute approximate surface area is 174 Å². The summed E-state index contributed by atoms with van der Waals surface area (Å²) in [5.74, 6) is 1.09. The number of nitrogens with zero attached hydrogens (tertiary/aromatic N) is 3. The van der Waals surface area contributed by atoms with Gasteiger partial charge in [0.25, 0.3) is 5.91 Å². The van der Waals surface area contributed by atoms with E-state index in [1.807, 2.05) is 35.7 Å². The van der Waals surface area contributed by atoms with Crippen LogP contribution in [0.5, 0.6) is 0 Å². The van der Waals surface area contributed by atoms with Crippen molar-refractivity contribution in [3.05, 3.63) is 57.9 Å². The first-order chi connectivity index (χ1) is 13.7. The molecule has 2 aromatic heterocycles. The summed E-state index contributed by atoms with van der Waals surface area (Å²) in [6, 6.07) is 14.3. The van der Waals surface area contributed by atoms with Gasteiger partial charge in [0, 0.05) is 31.1 Å². The third-order valence-corrected chi connectivity index (χ3v) is 6.51. The number of benzene rings is 1. The molecule has 0 saturated carbocycles. The lowest BCUT2D eigenvalue weighted by molar-refractivity contribution is 0.0655. The largest absolute Gasteiger partial charge is 0.356 e. The summed E-state index contributed by atoms with van der Waals surface area (Å²) in [5, 5.41) is 4.61. The number of amides is 1. The Kier molecular flexibility index (Phi) is 5.83. The molecule has 1 saturated heterocycles. The summed E-state index contributed by atoms with van der Waals surface area (Å²) in [7, 11) is 0. The Morgan fingerprint density at radius 2 is 2.04 bits per heavy atom. The third kappa shape index (κ3) is 3.87. The number of anilines is 1. The summed E-state index contributed by atoms with van der Waals surface area (Å²) in [6.45, 7) is 4.70. The minimum atomic E-state index is 0.169. The van der Waals surface area contributed by atoms with Crippen LogP contribution >= 0.6 is 22.9 Å². The fourth-order valence-electron chi connectivity index (χ4n) is 3.94. The number of piperidine rings is 1. The van der Waals surface area contributed by atoms with E-state index in [9.17, 15) is 4.79 Å². The number of aromatic nitrogens is 1. The molecule has 1 amide bonds. The first kappa shape index (κ1) is 19.2. The van der Waals surface area contributed by atoms with Crippen LogP contribution in [0.15, 0.2) is 47.8 Å². The molecule has 0 N–H and O–H groups in total. The SMILES string of the molecule is CCCN(C(=O)c1cccs1)C1CCN(c2cc3ccccc3c(Cl)n2)CC1. The molecule has 28 heavy (non-hydrogen) atoms. The van der Waals surface area contributed by atoms with Crippen LogP contribution in [-0.2, 0) is 0 Å². The smallest absolute Gasteiger partial charge is 0.264 e. The molecule has 1 aliphatic rings. The normalized spacial score (nSPS) is 15.1. The van der Waals surface area contributed by atoms with Crippen LogP contribution in [0.1, 0.15) is 35.9 Å². The average molecular weight is 414 g/mol. The number of pyridine rings is 1. The number of rotatable bonds is 5. The lowest BCUT2D eigenvalue weighted by Gasteiger charge is -2.39. The maximum Gasteiger partial charge on any atom is 0.264 e. The van der Waals surface area contributed by atoms with Gasteiger partial charge in [-0.15, -0.1) is 11.3 Å². The third-order valence-electron chi connectivity index (χ3n) is 5.37. The van der Waals surface area contributed by atoms with Crippen LogP contribution in [0.4, 0.5) is 5.82 Å². The number of thiophene rings is 1. The molecule has 1 aromatic carbocycles. The Hall–Kier alpha value is -2.11. The summed E-state index contributed by atoms with van der Waals surface area (Å²) in [5.41, 5.74) is 0. The van der Waals surface area contributed by atoms with E-state index in [0.717, 1.165) is 60.4 Å². The van der Waals surface area contributed by atoms with Crippen LogP contribution in [0.3, 0.4) is 0 Å². The Bertz CT molecular complexity index is 952. The zero-order valence-electron chi connectivity index (χ0n) is 16.0. The van der Waals surface area contributed by atoms with Crippen molar-refractivity contribution >= 4 is 45.4 Å². The topological polar surface area (TPSA) is 36.4 Å². The molecule has 0 unspecified atom stereocenters. The second kappa shape index (κ2) is 8.50. The molecule has 3 heterocycles. The minimum absolute atomic E-state index is 0.169. The van der Waals surface area contributed by atoms with Gasteiger partial charge in [-0.05, 0) is 42.2 Å². The molecular formula is C22H24ClN3OS.